The number of benzene rings is 2. The summed E-state index contributed by atoms with van der Waals surface area (Å²) >= 11 is 5.76. The Morgan fingerprint density at radius 1 is 1.11 bits per heavy atom. The molecule has 0 fully saturated rings. The lowest BCUT2D eigenvalue weighted by molar-refractivity contribution is -0.143. The molecule has 2 aromatic carbocycles. The van der Waals surface area contributed by atoms with Gasteiger partial charge in [0.2, 0.25) is 0 Å². The van der Waals surface area contributed by atoms with Gasteiger partial charge in [-0.1, -0.05) is 35.0 Å². The number of alkyl halides is 3. The highest BCUT2D eigenvalue weighted by atomic mass is 35.5. The normalized spacial score (nSPS) is 12.1. The lowest BCUT2D eigenvalue weighted by atomic mass is 10.2. The van der Waals surface area contributed by atoms with Crippen molar-refractivity contribution < 1.29 is 22.8 Å². The molecule has 1 heterocycles. The van der Waals surface area contributed by atoms with Crippen LogP contribution in [0.3, 0.4) is 0 Å². The van der Waals surface area contributed by atoms with Crippen LogP contribution in [0.4, 0.5) is 13.2 Å². The summed E-state index contributed by atoms with van der Waals surface area (Å²) in [6, 6.07) is 13.7. The maximum atomic E-state index is 13.5. The largest absolute Gasteiger partial charge is 0.434 e. The summed E-state index contributed by atoms with van der Waals surface area (Å²) in [6.45, 7) is 0. The van der Waals surface area contributed by atoms with Crippen LogP contribution in [-0.2, 0) is 11.0 Å². The van der Waals surface area contributed by atoms with E-state index in [0.717, 1.165) is 6.20 Å². The molecule has 3 aromatic rings. The number of para-hydroxylation sites is 1. The molecule has 3 rings (SSSR count). The van der Waals surface area contributed by atoms with E-state index in [-0.39, 0.29) is 11.5 Å². The van der Waals surface area contributed by atoms with Crippen LogP contribution in [-0.4, -0.2) is 21.6 Å². The zero-order chi connectivity index (χ0) is 20.3. The number of carbonyl (C=O) groups is 1. The summed E-state index contributed by atoms with van der Waals surface area (Å²) in [4.78, 5) is 16.8. The zero-order valence-corrected chi connectivity index (χ0v) is 14.8. The van der Waals surface area contributed by atoms with Gasteiger partial charge in [0.15, 0.2) is 11.5 Å². The molecule has 0 unspecified atom stereocenters. The molecular weight excluding hydrogens is 397 g/mol. The minimum absolute atomic E-state index is 0.137. The molecule has 0 radical (unpaired) electrons. The Hall–Kier alpha value is -3.33. The van der Waals surface area contributed by atoms with Crippen molar-refractivity contribution >= 4 is 23.4 Å². The molecule has 0 aliphatic rings. The molecule has 0 spiro atoms. The van der Waals surface area contributed by atoms with Gasteiger partial charge in [-0.25, -0.2) is 9.48 Å². The number of nitrogens with two attached hydrogens (primary N) is 1. The average molecular weight is 409 g/mol. The standard InChI is InChI=1S/C18H12ClF3N4O2/c19-12-8-6-11(7-9-12)16(23)25-28-17(27)14-10-24-26(15(14)18(20,21)22)13-4-2-1-3-5-13/h1-10H,(H2,23,25). The minimum Gasteiger partial charge on any atom is -0.380 e. The molecule has 0 aliphatic carbocycles. The number of hydrogen-bond donors (Lipinski definition) is 1. The van der Waals surface area contributed by atoms with Crippen LogP contribution < -0.4 is 5.73 Å². The fraction of sp³-hybridized carbons (Fsp3) is 0.0556. The van der Waals surface area contributed by atoms with Gasteiger partial charge in [-0.15, -0.1) is 0 Å². The number of carbonyl (C=O) groups excluding carboxylic acids is 1. The second kappa shape index (κ2) is 7.73. The van der Waals surface area contributed by atoms with E-state index in [0.29, 0.717) is 15.3 Å². The number of aromatic nitrogens is 2. The lowest BCUT2D eigenvalue weighted by Crippen LogP contribution is -2.19. The first-order chi connectivity index (χ1) is 13.3. The van der Waals surface area contributed by atoms with E-state index < -0.39 is 23.4 Å². The third kappa shape index (κ3) is 4.15. The molecule has 0 bridgehead atoms. The van der Waals surface area contributed by atoms with Crippen LogP contribution in [0.15, 0.2) is 65.9 Å². The van der Waals surface area contributed by atoms with Gasteiger partial charge in [0.25, 0.3) is 0 Å². The molecule has 1 aromatic heterocycles. The van der Waals surface area contributed by atoms with Gasteiger partial charge in [0.05, 0.1) is 11.9 Å². The third-order valence-electron chi connectivity index (χ3n) is 3.63. The predicted molar refractivity (Wildman–Crippen MR) is 96.2 cm³/mol. The summed E-state index contributed by atoms with van der Waals surface area (Å²) in [6.07, 6.45) is -4.09. The van der Waals surface area contributed by atoms with Crippen molar-refractivity contribution in [3.8, 4) is 5.69 Å². The maximum absolute atomic E-state index is 13.5. The summed E-state index contributed by atoms with van der Waals surface area (Å²) < 4.78 is 41.3. The molecule has 2 N–H and O–H groups in total. The molecule has 6 nitrogen and oxygen atoms in total. The minimum atomic E-state index is -4.86. The smallest absolute Gasteiger partial charge is 0.380 e. The van der Waals surface area contributed by atoms with Gasteiger partial charge in [0, 0.05) is 10.6 Å². The summed E-state index contributed by atoms with van der Waals surface area (Å²) in [5.74, 6) is -1.54. The fourth-order valence-electron chi connectivity index (χ4n) is 2.35. The van der Waals surface area contributed by atoms with E-state index in [4.69, 9.17) is 17.3 Å². The van der Waals surface area contributed by atoms with Gasteiger partial charge in [-0.3, -0.25) is 0 Å². The van der Waals surface area contributed by atoms with Crippen molar-refractivity contribution in [2.45, 2.75) is 6.18 Å². The number of nitrogens with zero attached hydrogens (tertiary/aromatic N) is 3. The van der Waals surface area contributed by atoms with Crippen molar-refractivity contribution in [1.29, 1.82) is 0 Å². The molecule has 0 amide bonds. The van der Waals surface area contributed by atoms with E-state index >= 15 is 0 Å². The summed E-state index contributed by atoms with van der Waals surface area (Å²) in [5.41, 5.74) is 4.14. The summed E-state index contributed by atoms with van der Waals surface area (Å²) in [5, 5.41) is 7.53. The SMILES string of the molecule is NC(=NOC(=O)c1cnn(-c2ccccc2)c1C(F)(F)F)c1ccc(Cl)cc1. The Labute approximate surface area is 162 Å². The van der Waals surface area contributed by atoms with Gasteiger partial charge >= 0.3 is 12.1 Å². The molecule has 28 heavy (non-hydrogen) atoms. The second-order valence-electron chi connectivity index (χ2n) is 5.51. The van der Waals surface area contributed by atoms with Crippen molar-refractivity contribution in [2.75, 3.05) is 0 Å². The van der Waals surface area contributed by atoms with Crippen LogP contribution in [0.25, 0.3) is 5.69 Å². The van der Waals surface area contributed by atoms with Crippen LogP contribution in [0, 0.1) is 0 Å². The summed E-state index contributed by atoms with van der Waals surface area (Å²) in [7, 11) is 0. The number of amidine groups is 1. The Kier molecular flexibility index (Phi) is 5.36. The maximum Gasteiger partial charge on any atom is 0.434 e. The number of hydrogen-bond acceptors (Lipinski definition) is 4. The Bertz CT molecular complexity index is 1020. The van der Waals surface area contributed by atoms with E-state index in [9.17, 15) is 18.0 Å². The highest BCUT2D eigenvalue weighted by molar-refractivity contribution is 6.30. The Balaban J connectivity index is 1.91. The van der Waals surface area contributed by atoms with Crippen LogP contribution >= 0.6 is 11.6 Å². The lowest BCUT2D eigenvalue weighted by Gasteiger charge is -2.11. The van der Waals surface area contributed by atoms with Crippen molar-refractivity contribution in [2.24, 2.45) is 10.9 Å². The van der Waals surface area contributed by atoms with Crippen LogP contribution in [0.1, 0.15) is 21.6 Å². The number of halogens is 4. The molecular formula is C18H12ClF3N4O2. The highest BCUT2D eigenvalue weighted by Crippen LogP contribution is 2.34. The van der Waals surface area contributed by atoms with Gasteiger partial charge in [-0.2, -0.15) is 18.3 Å². The van der Waals surface area contributed by atoms with Crippen molar-refractivity contribution in [3.63, 3.8) is 0 Å². The first kappa shape index (κ1) is 19.4. The quantitative estimate of drug-likeness (QED) is 0.306. The molecule has 0 aliphatic heterocycles. The molecule has 0 saturated heterocycles. The van der Waals surface area contributed by atoms with E-state index in [1.165, 1.54) is 36.4 Å². The monoisotopic (exact) mass is 408 g/mol. The van der Waals surface area contributed by atoms with Gasteiger partial charge in [0.1, 0.15) is 5.56 Å². The predicted octanol–water partition coefficient (Wildman–Crippen LogP) is 4.02. The first-order valence-corrected chi connectivity index (χ1v) is 8.16. The topological polar surface area (TPSA) is 82.5 Å². The van der Waals surface area contributed by atoms with Gasteiger partial charge in [-0.05, 0) is 36.4 Å². The molecule has 10 heteroatoms. The molecule has 144 valence electrons. The number of oxime groups is 1. The third-order valence-corrected chi connectivity index (χ3v) is 3.88. The van der Waals surface area contributed by atoms with E-state index in [2.05, 4.69) is 15.1 Å². The van der Waals surface area contributed by atoms with Crippen molar-refractivity contribution in [3.05, 3.63) is 82.6 Å². The zero-order valence-electron chi connectivity index (χ0n) is 14.0. The Morgan fingerprint density at radius 2 is 1.75 bits per heavy atom. The highest BCUT2D eigenvalue weighted by Gasteiger charge is 2.41. The average Bonchev–Trinajstić information content (AvgIpc) is 3.13. The number of rotatable bonds is 4. The van der Waals surface area contributed by atoms with E-state index in [1.807, 2.05) is 0 Å². The fourth-order valence-corrected chi connectivity index (χ4v) is 2.47. The van der Waals surface area contributed by atoms with Crippen molar-refractivity contribution in [1.82, 2.24) is 9.78 Å². The van der Waals surface area contributed by atoms with Crippen LogP contribution in [0.5, 0.6) is 0 Å². The van der Waals surface area contributed by atoms with Crippen LogP contribution in [0.2, 0.25) is 5.02 Å². The molecule has 0 atom stereocenters. The van der Waals surface area contributed by atoms with Gasteiger partial charge < -0.3 is 10.6 Å². The second-order valence-corrected chi connectivity index (χ2v) is 5.95. The molecule has 0 saturated carbocycles. The first-order valence-electron chi connectivity index (χ1n) is 7.79. The van der Waals surface area contributed by atoms with E-state index in [1.54, 1.807) is 18.2 Å². The Morgan fingerprint density at radius 3 is 2.36 bits per heavy atom.